The molecular weight excluding hydrogens is 311 g/mol. The standard InChI is InChI=1S/C12H9ClF3N3O2/c13-8-1-2-10(18-9(8)3-17)19-4-6(11(20)21)7(5-19)12(14,15)16/h1-2,6-7H,4-5H2,(H,20,21)/t6-,7-/m1/s1. The smallest absolute Gasteiger partial charge is 0.394 e. The second-order valence-corrected chi connectivity index (χ2v) is 5.02. The highest BCUT2D eigenvalue weighted by Gasteiger charge is 2.52. The zero-order valence-electron chi connectivity index (χ0n) is 10.4. The molecule has 112 valence electrons. The summed E-state index contributed by atoms with van der Waals surface area (Å²) in [4.78, 5) is 16.1. The number of rotatable bonds is 2. The highest BCUT2D eigenvalue weighted by molar-refractivity contribution is 6.31. The number of carboxylic acid groups (broad SMARTS) is 1. The summed E-state index contributed by atoms with van der Waals surface area (Å²) >= 11 is 5.71. The van der Waals surface area contributed by atoms with Gasteiger partial charge < -0.3 is 10.0 Å². The minimum Gasteiger partial charge on any atom is -0.481 e. The van der Waals surface area contributed by atoms with E-state index in [0.29, 0.717) is 0 Å². The van der Waals surface area contributed by atoms with E-state index in [1.807, 2.05) is 0 Å². The van der Waals surface area contributed by atoms with Gasteiger partial charge in [0.15, 0.2) is 5.69 Å². The van der Waals surface area contributed by atoms with Crippen LogP contribution in [0.1, 0.15) is 5.69 Å². The number of hydrogen-bond donors (Lipinski definition) is 1. The van der Waals surface area contributed by atoms with Gasteiger partial charge in [0.2, 0.25) is 0 Å². The molecule has 1 aromatic heterocycles. The Balaban J connectivity index is 2.31. The summed E-state index contributed by atoms with van der Waals surface area (Å²) in [6, 6.07) is 4.43. The average molecular weight is 320 g/mol. The van der Waals surface area contributed by atoms with Crippen LogP contribution < -0.4 is 4.90 Å². The molecule has 0 radical (unpaired) electrons. The summed E-state index contributed by atoms with van der Waals surface area (Å²) in [7, 11) is 0. The van der Waals surface area contributed by atoms with Crippen LogP contribution in [0.3, 0.4) is 0 Å². The molecule has 0 aliphatic carbocycles. The molecule has 2 rings (SSSR count). The molecule has 1 saturated heterocycles. The number of carbonyl (C=O) groups is 1. The fourth-order valence-corrected chi connectivity index (χ4v) is 2.41. The molecule has 1 N–H and O–H groups in total. The molecule has 0 saturated carbocycles. The van der Waals surface area contributed by atoms with Crippen molar-refractivity contribution < 1.29 is 23.1 Å². The van der Waals surface area contributed by atoms with Gasteiger partial charge in [0.1, 0.15) is 11.9 Å². The summed E-state index contributed by atoms with van der Waals surface area (Å²) in [6.45, 7) is -0.834. The van der Waals surface area contributed by atoms with Gasteiger partial charge in [-0.2, -0.15) is 18.4 Å². The summed E-state index contributed by atoms with van der Waals surface area (Å²) in [5, 5.41) is 17.8. The van der Waals surface area contributed by atoms with Crippen molar-refractivity contribution in [3.8, 4) is 6.07 Å². The normalized spacial score (nSPS) is 22.1. The number of alkyl halides is 3. The first-order valence-electron chi connectivity index (χ1n) is 5.85. The van der Waals surface area contributed by atoms with E-state index in [1.54, 1.807) is 6.07 Å². The SMILES string of the molecule is N#Cc1nc(N2C[C@@H](C(F)(F)F)[C@H](C(=O)O)C2)ccc1Cl. The van der Waals surface area contributed by atoms with Crippen molar-refractivity contribution in [3.63, 3.8) is 0 Å². The van der Waals surface area contributed by atoms with Gasteiger partial charge >= 0.3 is 12.1 Å². The maximum Gasteiger partial charge on any atom is 0.394 e. The first-order valence-corrected chi connectivity index (χ1v) is 6.23. The monoisotopic (exact) mass is 319 g/mol. The number of aliphatic carboxylic acids is 1. The van der Waals surface area contributed by atoms with E-state index in [1.165, 1.54) is 17.0 Å². The Kier molecular flexibility index (Phi) is 3.96. The Bertz CT molecular complexity index is 615. The van der Waals surface area contributed by atoms with Gasteiger partial charge in [0.05, 0.1) is 16.9 Å². The molecule has 0 unspecified atom stereocenters. The molecule has 1 aromatic rings. The number of pyridine rings is 1. The van der Waals surface area contributed by atoms with Crippen molar-refractivity contribution in [1.82, 2.24) is 4.98 Å². The molecule has 0 spiro atoms. The summed E-state index contributed by atoms with van der Waals surface area (Å²) in [5.41, 5.74) is -0.114. The topological polar surface area (TPSA) is 77.2 Å². The molecular formula is C12H9ClF3N3O2. The van der Waals surface area contributed by atoms with E-state index < -0.39 is 30.5 Å². The van der Waals surface area contributed by atoms with Crippen LogP contribution in [-0.2, 0) is 4.79 Å². The lowest BCUT2D eigenvalue weighted by Crippen LogP contribution is -2.33. The lowest BCUT2D eigenvalue weighted by atomic mass is 9.96. The van der Waals surface area contributed by atoms with Crippen molar-refractivity contribution in [2.24, 2.45) is 11.8 Å². The third kappa shape index (κ3) is 3.03. The Labute approximate surface area is 122 Å². The van der Waals surface area contributed by atoms with E-state index in [0.717, 1.165) is 0 Å². The summed E-state index contributed by atoms with van der Waals surface area (Å²) in [5.74, 6) is -4.94. The first kappa shape index (κ1) is 15.4. The van der Waals surface area contributed by atoms with E-state index >= 15 is 0 Å². The maximum absolute atomic E-state index is 12.9. The Morgan fingerprint density at radius 3 is 2.62 bits per heavy atom. The average Bonchev–Trinajstić information content (AvgIpc) is 2.84. The van der Waals surface area contributed by atoms with Crippen molar-refractivity contribution in [1.29, 1.82) is 5.26 Å². The van der Waals surface area contributed by atoms with Crippen molar-refractivity contribution >= 4 is 23.4 Å². The minimum absolute atomic E-state index is 0.0857. The van der Waals surface area contributed by atoms with Gasteiger partial charge in [-0.3, -0.25) is 4.79 Å². The van der Waals surface area contributed by atoms with E-state index in [-0.39, 0.29) is 23.1 Å². The van der Waals surface area contributed by atoms with Crippen LogP contribution in [0.5, 0.6) is 0 Å². The molecule has 0 aromatic carbocycles. The van der Waals surface area contributed by atoms with Crippen molar-refractivity contribution in [2.75, 3.05) is 18.0 Å². The molecule has 2 atom stereocenters. The van der Waals surface area contributed by atoms with E-state index in [4.69, 9.17) is 22.0 Å². The first-order chi connectivity index (χ1) is 9.74. The molecule has 9 heteroatoms. The highest BCUT2D eigenvalue weighted by Crippen LogP contribution is 2.39. The fourth-order valence-electron chi connectivity index (χ4n) is 2.26. The summed E-state index contributed by atoms with van der Waals surface area (Å²) in [6.07, 6.45) is -4.61. The van der Waals surface area contributed by atoms with Crippen LogP contribution in [0.15, 0.2) is 12.1 Å². The molecule has 1 aliphatic heterocycles. The van der Waals surface area contributed by atoms with E-state index in [9.17, 15) is 18.0 Å². The Morgan fingerprint density at radius 1 is 1.48 bits per heavy atom. The van der Waals surface area contributed by atoms with Crippen LogP contribution in [0.25, 0.3) is 0 Å². The molecule has 1 fully saturated rings. The number of halogens is 4. The zero-order valence-corrected chi connectivity index (χ0v) is 11.2. The minimum atomic E-state index is -4.61. The predicted octanol–water partition coefficient (Wildman–Crippen LogP) is 2.31. The molecule has 21 heavy (non-hydrogen) atoms. The molecule has 1 aliphatic rings. The number of anilines is 1. The third-order valence-corrected chi connectivity index (χ3v) is 3.62. The van der Waals surface area contributed by atoms with Crippen LogP contribution in [0, 0.1) is 23.2 Å². The van der Waals surface area contributed by atoms with Gasteiger partial charge in [0.25, 0.3) is 0 Å². The molecule has 2 heterocycles. The number of aromatic nitrogens is 1. The number of carboxylic acids is 1. The van der Waals surface area contributed by atoms with Gasteiger partial charge in [-0.1, -0.05) is 11.6 Å². The second kappa shape index (κ2) is 5.41. The lowest BCUT2D eigenvalue weighted by molar-refractivity contribution is -0.187. The molecule has 5 nitrogen and oxygen atoms in total. The van der Waals surface area contributed by atoms with Gasteiger partial charge in [-0.15, -0.1) is 0 Å². The zero-order chi connectivity index (χ0) is 15.8. The number of hydrogen-bond acceptors (Lipinski definition) is 4. The van der Waals surface area contributed by atoms with Crippen LogP contribution in [0.2, 0.25) is 5.02 Å². The van der Waals surface area contributed by atoms with Crippen LogP contribution >= 0.6 is 11.6 Å². The van der Waals surface area contributed by atoms with Crippen molar-refractivity contribution in [3.05, 3.63) is 22.8 Å². The Morgan fingerprint density at radius 2 is 2.14 bits per heavy atom. The number of nitrogens with zero attached hydrogens (tertiary/aromatic N) is 3. The second-order valence-electron chi connectivity index (χ2n) is 4.61. The van der Waals surface area contributed by atoms with Crippen LogP contribution in [-0.4, -0.2) is 35.3 Å². The summed E-state index contributed by atoms with van der Waals surface area (Å²) < 4.78 is 38.7. The van der Waals surface area contributed by atoms with Gasteiger partial charge in [-0.05, 0) is 12.1 Å². The van der Waals surface area contributed by atoms with Crippen LogP contribution in [0.4, 0.5) is 19.0 Å². The molecule has 0 bridgehead atoms. The largest absolute Gasteiger partial charge is 0.481 e. The third-order valence-electron chi connectivity index (χ3n) is 3.32. The highest BCUT2D eigenvalue weighted by atomic mass is 35.5. The Hall–Kier alpha value is -2.01. The van der Waals surface area contributed by atoms with Gasteiger partial charge in [-0.25, -0.2) is 4.98 Å². The number of nitriles is 1. The quantitative estimate of drug-likeness (QED) is 0.905. The fraction of sp³-hybridized carbons (Fsp3) is 0.417. The van der Waals surface area contributed by atoms with Gasteiger partial charge in [0, 0.05) is 13.1 Å². The predicted molar refractivity (Wildman–Crippen MR) is 66.8 cm³/mol. The van der Waals surface area contributed by atoms with Crippen molar-refractivity contribution in [2.45, 2.75) is 6.18 Å². The maximum atomic E-state index is 12.9. The van der Waals surface area contributed by atoms with E-state index in [2.05, 4.69) is 4.98 Å². The molecule has 0 amide bonds. The lowest BCUT2D eigenvalue weighted by Gasteiger charge is -2.19.